The molecular weight excluding hydrogens is 464 g/mol. The fourth-order valence-corrected chi connectivity index (χ4v) is 5.56. The minimum absolute atomic E-state index is 0.925. The highest BCUT2D eigenvalue weighted by Crippen LogP contribution is 2.34. The van der Waals surface area contributed by atoms with Crippen molar-refractivity contribution in [3.05, 3.63) is 133 Å². The first kappa shape index (κ1) is 20.9. The molecular formula is C34H22N4. The molecule has 4 nitrogen and oxygen atoms in total. The van der Waals surface area contributed by atoms with E-state index in [2.05, 4.69) is 124 Å². The molecule has 0 unspecified atom stereocenters. The molecule has 0 saturated carbocycles. The van der Waals surface area contributed by atoms with Crippen LogP contribution in [0.3, 0.4) is 0 Å². The number of benzene rings is 5. The summed E-state index contributed by atoms with van der Waals surface area (Å²) in [5.41, 5.74) is 10.7. The van der Waals surface area contributed by atoms with Crippen LogP contribution in [0, 0.1) is 0 Å². The summed E-state index contributed by atoms with van der Waals surface area (Å²) in [6, 6.07) is 46.5. The van der Waals surface area contributed by atoms with Crippen molar-refractivity contribution in [1.82, 2.24) is 18.9 Å². The largest absolute Gasteiger partial charge is 0.306 e. The van der Waals surface area contributed by atoms with Gasteiger partial charge in [0.1, 0.15) is 5.82 Å². The maximum absolute atomic E-state index is 5.13. The van der Waals surface area contributed by atoms with Gasteiger partial charge in [-0.1, -0.05) is 84.9 Å². The molecule has 0 spiro atoms. The van der Waals surface area contributed by atoms with Crippen LogP contribution in [0.1, 0.15) is 0 Å². The van der Waals surface area contributed by atoms with Crippen molar-refractivity contribution < 1.29 is 0 Å². The van der Waals surface area contributed by atoms with Gasteiger partial charge in [-0.2, -0.15) is 0 Å². The summed E-state index contributed by atoms with van der Waals surface area (Å²) >= 11 is 0. The van der Waals surface area contributed by atoms with Crippen LogP contribution in [0.4, 0.5) is 0 Å². The Kier molecular flexibility index (Phi) is 4.49. The van der Waals surface area contributed by atoms with Crippen LogP contribution < -0.4 is 0 Å². The molecule has 3 aromatic heterocycles. The molecule has 0 radical (unpaired) electrons. The topological polar surface area (TPSA) is 35.1 Å². The minimum Gasteiger partial charge on any atom is -0.306 e. The third-order valence-corrected chi connectivity index (χ3v) is 7.30. The van der Waals surface area contributed by atoms with E-state index < -0.39 is 0 Å². The van der Waals surface area contributed by atoms with Crippen molar-refractivity contribution in [3.63, 3.8) is 0 Å². The van der Waals surface area contributed by atoms with Gasteiger partial charge >= 0.3 is 0 Å². The molecule has 0 aliphatic carbocycles. The predicted molar refractivity (Wildman–Crippen MR) is 156 cm³/mol. The van der Waals surface area contributed by atoms with E-state index in [4.69, 9.17) is 9.97 Å². The van der Waals surface area contributed by atoms with Gasteiger partial charge in [-0.3, -0.25) is 4.57 Å². The van der Waals surface area contributed by atoms with Gasteiger partial charge in [-0.25, -0.2) is 9.97 Å². The number of imidazole rings is 1. The molecule has 8 aromatic rings. The molecule has 0 amide bonds. The number of para-hydroxylation sites is 6. The lowest BCUT2D eigenvalue weighted by atomic mass is 10.1. The molecule has 0 saturated heterocycles. The number of hydrogen-bond donors (Lipinski definition) is 0. The Balaban J connectivity index is 1.33. The standard InChI is InChI=1S/C34H22N4/c1-2-11-26(12-3-1)37-30-16-8-6-14-28(30)36-34(37)24-20-18-23(19-21-24)33-32-22-25-10-4-7-15-29(25)38(32)31-17-9-5-13-27(31)35-33/h1-22H. The van der Waals surface area contributed by atoms with Crippen molar-refractivity contribution in [2.75, 3.05) is 0 Å². The lowest BCUT2D eigenvalue weighted by Crippen LogP contribution is -1.98. The highest BCUT2D eigenvalue weighted by Gasteiger charge is 2.16. The lowest BCUT2D eigenvalue weighted by Gasteiger charge is -2.11. The molecule has 38 heavy (non-hydrogen) atoms. The van der Waals surface area contributed by atoms with E-state index in [0.29, 0.717) is 0 Å². The summed E-state index contributed by atoms with van der Waals surface area (Å²) in [7, 11) is 0. The van der Waals surface area contributed by atoms with Gasteiger partial charge in [-0.15, -0.1) is 0 Å². The highest BCUT2D eigenvalue weighted by molar-refractivity contribution is 5.98. The predicted octanol–water partition coefficient (Wildman–Crippen LogP) is 8.31. The van der Waals surface area contributed by atoms with Gasteiger partial charge in [0.2, 0.25) is 0 Å². The highest BCUT2D eigenvalue weighted by atomic mass is 15.1. The Labute approximate surface area is 219 Å². The minimum atomic E-state index is 0.925. The smallest absolute Gasteiger partial charge is 0.145 e. The summed E-state index contributed by atoms with van der Waals surface area (Å²) < 4.78 is 4.56. The van der Waals surface area contributed by atoms with Gasteiger partial charge in [0.25, 0.3) is 0 Å². The van der Waals surface area contributed by atoms with E-state index in [1.807, 2.05) is 18.2 Å². The van der Waals surface area contributed by atoms with Crippen LogP contribution in [0.25, 0.3) is 66.8 Å². The van der Waals surface area contributed by atoms with E-state index in [-0.39, 0.29) is 0 Å². The Morgan fingerprint density at radius 2 is 1.05 bits per heavy atom. The second-order valence-electron chi connectivity index (χ2n) is 9.55. The fourth-order valence-electron chi connectivity index (χ4n) is 5.56. The molecule has 4 heteroatoms. The van der Waals surface area contributed by atoms with E-state index in [1.165, 1.54) is 10.9 Å². The molecule has 0 N–H and O–H groups in total. The molecule has 8 rings (SSSR count). The summed E-state index contributed by atoms with van der Waals surface area (Å²) in [5, 5.41) is 1.21. The number of rotatable bonds is 3. The quantitative estimate of drug-likeness (QED) is 0.252. The third-order valence-electron chi connectivity index (χ3n) is 7.30. The van der Waals surface area contributed by atoms with Gasteiger partial charge in [-0.05, 0) is 48.5 Å². The molecule has 0 aliphatic rings. The molecule has 5 aromatic carbocycles. The fraction of sp³-hybridized carbons (Fsp3) is 0. The molecule has 0 bridgehead atoms. The van der Waals surface area contributed by atoms with Crippen molar-refractivity contribution >= 4 is 38.5 Å². The molecule has 3 heterocycles. The Bertz CT molecular complexity index is 2120. The number of nitrogens with zero attached hydrogens (tertiary/aromatic N) is 4. The van der Waals surface area contributed by atoms with Crippen molar-refractivity contribution in [3.8, 4) is 28.3 Å². The van der Waals surface area contributed by atoms with Crippen LogP contribution in [-0.4, -0.2) is 18.9 Å². The zero-order chi connectivity index (χ0) is 25.1. The van der Waals surface area contributed by atoms with Crippen molar-refractivity contribution in [2.45, 2.75) is 0 Å². The number of aromatic nitrogens is 4. The Morgan fingerprint density at radius 3 is 1.84 bits per heavy atom. The first-order chi connectivity index (χ1) is 18.8. The maximum Gasteiger partial charge on any atom is 0.145 e. The number of fused-ring (bicyclic) bond motifs is 6. The summed E-state index contributed by atoms with van der Waals surface area (Å²) in [6.45, 7) is 0. The molecule has 178 valence electrons. The lowest BCUT2D eigenvalue weighted by molar-refractivity contribution is 1.10. The average Bonchev–Trinajstić information content (AvgIpc) is 3.57. The molecule has 0 fully saturated rings. The molecule has 0 atom stereocenters. The second kappa shape index (κ2) is 8.15. The van der Waals surface area contributed by atoms with E-state index in [0.717, 1.165) is 55.9 Å². The Morgan fingerprint density at radius 1 is 0.447 bits per heavy atom. The monoisotopic (exact) mass is 486 g/mol. The first-order valence-corrected chi connectivity index (χ1v) is 12.8. The van der Waals surface area contributed by atoms with Crippen LogP contribution >= 0.6 is 0 Å². The van der Waals surface area contributed by atoms with Gasteiger partial charge < -0.3 is 4.40 Å². The van der Waals surface area contributed by atoms with Gasteiger partial charge in [0, 0.05) is 22.2 Å². The van der Waals surface area contributed by atoms with Gasteiger partial charge in [0.15, 0.2) is 0 Å². The molecule has 0 aliphatic heterocycles. The number of hydrogen-bond acceptors (Lipinski definition) is 2. The second-order valence-corrected chi connectivity index (χ2v) is 9.55. The Hall–Kier alpha value is -5.22. The zero-order valence-corrected chi connectivity index (χ0v) is 20.5. The van der Waals surface area contributed by atoms with Crippen LogP contribution in [0.2, 0.25) is 0 Å². The summed E-state index contributed by atoms with van der Waals surface area (Å²) in [5.74, 6) is 0.925. The zero-order valence-electron chi connectivity index (χ0n) is 20.5. The van der Waals surface area contributed by atoms with E-state index in [1.54, 1.807) is 0 Å². The first-order valence-electron chi connectivity index (χ1n) is 12.8. The normalized spacial score (nSPS) is 11.7. The van der Waals surface area contributed by atoms with Crippen LogP contribution in [0.15, 0.2) is 133 Å². The third kappa shape index (κ3) is 3.10. The van der Waals surface area contributed by atoms with E-state index in [9.17, 15) is 0 Å². The summed E-state index contributed by atoms with van der Waals surface area (Å²) in [4.78, 5) is 10.2. The average molecular weight is 487 g/mol. The van der Waals surface area contributed by atoms with Crippen LogP contribution in [0.5, 0.6) is 0 Å². The maximum atomic E-state index is 5.13. The van der Waals surface area contributed by atoms with Crippen molar-refractivity contribution in [1.29, 1.82) is 0 Å². The summed E-state index contributed by atoms with van der Waals surface area (Å²) in [6.07, 6.45) is 0. The van der Waals surface area contributed by atoms with Crippen LogP contribution in [-0.2, 0) is 0 Å². The SMILES string of the molecule is c1ccc(-n2c(-c3ccc(-c4nc5ccccc5n5c4cc4ccccc45)cc3)nc3ccccc32)cc1. The van der Waals surface area contributed by atoms with E-state index >= 15 is 0 Å². The van der Waals surface area contributed by atoms with Gasteiger partial charge in [0.05, 0.1) is 38.8 Å². The van der Waals surface area contributed by atoms with Crippen molar-refractivity contribution in [2.24, 2.45) is 0 Å².